The molecule has 12 heteroatoms. The smallest absolute Gasteiger partial charge is 0.417 e. The zero-order chi connectivity index (χ0) is 29.9. The molecule has 3 amide bonds. The molecule has 11 nitrogen and oxygen atoms in total. The van der Waals surface area contributed by atoms with E-state index in [0.29, 0.717) is 5.69 Å². The van der Waals surface area contributed by atoms with E-state index in [1.54, 1.807) is 47.7 Å². The number of nitrogens with zero attached hydrogens (tertiary/aromatic N) is 6. The Morgan fingerprint density at radius 2 is 1.66 bits per heavy atom. The highest BCUT2D eigenvalue weighted by atomic mass is 19.1. The van der Waals surface area contributed by atoms with E-state index in [-0.39, 0.29) is 53.4 Å². The Kier molecular flexibility index (Phi) is 6.56. The molecule has 4 heterocycles. The van der Waals surface area contributed by atoms with Gasteiger partial charge in [0.15, 0.2) is 0 Å². The Balaban J connectivity index is 1.58. The SMILES string of the molecule is CC(C)(C)OC(=O)N1Cc2cn(-c3cc(-c4c(F)cccc4C#N)nc4c3C(=O)N(C(=O)OC(C)(C)C)C4)nc2C1. The predicted molar refractivity (Wildman–Crippen MR) is 143 cm³/mol. The van der Waals surface area contributed by atoms with Gasteiger partial charge >= 0.3 is 12.2 Å². The second-order valence-corrected chi connectivity index (χ2v) is 11.9. The lowest BCUT2D eigenvalue weighted by molar-refractivity contribution is 0.0230. The van der Waals surface area contributed by atoms with Crippen molar-refractivity contribution in [2.45, 2.75) is 72.4 Å². The molecular formula is C29H29FN6O5. The summed E-state index contributed by atoms with van der Waals surface area (Å²) in [5.74, 6) is -1.30. The summed E-state index contributed by atoms with van der Waals surface area (Å²) in [5, 5.41) is 14.3. The van der Waals surface area contributed by atoms with Crippen LogP contribution in [-0.2, 0) is 29.1 Å². The number of amides is 3. The summed E-state index contributed by atoms with van der Waals surface area (Å²) in [7, 11) is 0. The fraction of sp³-hybridized carbons (Fsp3) is 0.379. The number of hydrogen-bond acceptors (Lipinski definition) is 8. The molecule has 0 unspecified atom stereocenters. The normalized spacial score (nSPS) is 14.5. The molecule has 0 N–H and O–H groups in total. The van der Waals surface area contributed by atoms with Crippen LogP contribution in [0, 0.1) is 17.1 Å². The van der Waals surface area contributed by atoms with Crippen molar-refractivity contribution in [3.63, 3.8) is 0 Å². The first kappa shape index (κ1) is 27.8. The van der Waals surface area contributed by atoms with Crippen LogP contribution in [0.5, 0.6) is 0 Å². The summed E-state index contributed by atoms with van der Waals surface area (Å²) >= 11 is 0. The Labute approximate surface area is 236 Å². The van der Waals surface area contributed by atoms with Crippen LogP contribution in [0.1, 0.15) is 74.4 Å². The molecule has 0 spiro atoms. The maximum Gasteiger partial charge on any atom is 0.417 e. The number of fused-ring (bicyclic) bond motifs is 2. The van der Waals surface area contributed by atoms with Gasteiger partial charge in [-0.1, -0.05) is 6.07 Å². The topological polar surface area (TPSA) is 131 Å². The summed E-state index contributed by atoms with van der Waals surface area (Å²) in [4.78, 5) is 46.0. The lowest BCUT2D eigenvalue weighted by Gasteiger charge is -2.24. The zero-order valence-electron chi connectivity index (χ0n) is 23.6. The van der Waals surface area contributed by atoms with Gasteiger partial charge in [-0.2, -0.15) is 10.4 Å². The van der Waals surface area contributed by atoms with Crippen LogP contribution in [0.2, 0.25) is 0 Å². The molecule has 3 aromatic rings. The molecule has 1 aromatic carbocycles. The van der Waals surface area contributed by atoms with Gasteiger partial charge < -0.3 is 9.47 Å². The molecule has 2 aliphatic heterocycles. The highest BCUT2D eigenvalue weighted by molar-refractivity contribution is 6.08. The van der Waals surface area contributed by atoms with Gasteiger partial charge in [-0.25, -0.2) is 28.5 Å². The van der Waals surface area contributed by atoms with Crippen molar-refractivity contribution in [1.29, 1.82) is 5.26 Å². The van der Waals surface area contributed by atoms with E-state index in [4.69, 9.17) is 9.47 Å². The van der Waals surface area contributed by atoms with Crippen LogP contribution >= 0.6 is 0 Å². The summed E-state index contributed by atoms with van der Waals surface area (Å²) in [6, 6.07) is 7.57. The number of ether oxygens (including phenoxy) is 2. The molecule has 0 saturated carbocycles. The molecule has 0 aliphatic carbocycles. The minimum atomic E-state index is -0.842. The lowest BCUT2D eigenvalue weighted by atomic mass is 10.0. The van der Waals surface area contributed by atoms with Gasteiger partial charge in [0.1, 0.15) is 17.0 Å². The molecular weight excluding hydrogens is 531 g/mol. The summed E-state index contributed by atoms with van der Waals surface area (Å²) in [6.45, 7) is 10.7. The van der Waals surface area contributed by atoms with Gasteiger partial charge in [0, 0.05) is 11.8 Å². The number of imide groups is 1. The Hall–Kier alpha value is -4.79. The molecule has 2 aliphatic rings. The third-order valence-corrected chi connectivity index (χ3v) is 6.32. The zero-order valence-corrected chi connectivity index (χ0v) is 23.6. The van der Waals surface area contributed by atoms with Crippen LogP contribution < -0.4 is 0 Å². The highest BCUT2D eigenvalue weighted by Crippen LogP contribution is 2.35. The summed E-state index contributed by atoms with van der Waals surface area (Å²) in [5.41, 5.74) is 0.564. The summed E-state index contributed by atoms with van der Waals surface area (Å²) < 4.78 is 27.4. The number of aromatic nitrogens is 3. The van der Waals surface area contributed by atoms with Gasteiger partial charge in [-0.05, 0) is 59.7 Å². The van der Waals surface area contributed by atoms with E-state index in [0.717, 1.165) is 10.5 Å². The van der Waals surface area contributed by atoms with E-state index in [2.05, 4.69) is 10.1 Å². The Bertz CT molecular complexity index is 1620. The minimum Gasteiger partial charge on any atom is -0.444 e. The number of hydrogen-bond donors (Lipinski definition) is 0. The van der Waals surface area contributed by atoms with Crippen LogP contribution in [0.25, 0.3) is 16.9 Å². The highest BCUT2D eigenvalue weighted by Gasteiger charge is 2.40. The van der Waals surface area contributed by atoms with Gasteiger partial charge in [0.05, 0.1) is 65.2 Å². The molecule has 212 valence electrons. The van der Waals surface area contributed by atoms with Crippen molar-refractivity contribution in [2.75, 3.05) is 0 Å². The van der Waals surface area contributed by atoms with Gasteiger partial charge in [-0.3, -0.25) is 9.69 Å². The van der Waals surface area contributed by atoms with Crippen molar-refractivity contribution in [3.05, 3.63) is 64.4 Å². The maximum absolute atomic E-state index is 15.0. The minimum absolute atomic E-state index is 0.0296. The molecule has 2 aromatic heterocycles. The van der Waals surface area contributed by atoms with Crippen molar-refractivity contribution in [1.82, 2.24) is 24.6 Å². The number of carbonyl (C=O) groups is 3. The monoisotopic (exact) mass is 560 g/mol. The molecule has 0 radical (unpaired) electrons. The number of rotatable bonds is 2. The van der Waals surface area contributed by atoms with E-state index in [1.165, 1.54) is 33.8 Å². The van der Waals surface area contributed by atoms with Crippen LogP contribution in [0.15, 0.2) is 30.5 Å². The van der Waals surface area contributed by atoms with Crippen molar-refractivity contribution < 1.29 is 28.2 Å². The second kappa shape index (κ2) is 9.69. The third-order valence-electron chi connectivity index (χ3n) is 6.32. The first-order chi connectivity index (χ1) is 19.1. The molecule has 0 fully saturated rings. The Morgan fingerprint density at radius 3 is 2.29 bits per heavy atom. The fourth-order valence-electron chi connectivity index (χ4n) is 4.67. The van der Waals surface area contributed by atoms with E-state index in [9.17, 15) is 19.6 Å². The molecule has 41 heavy (non-hydrogen) atoms. The molecule has 0 bridgehead atoms. The first-order valence-electron chi connectivity index (χ1n) is 13.0. The average Bonchev–Trinajstić information content (AvgIpc) is 3.53. The maximum atomic E-state index is 15.0. The third kappa shape index (κ3) is 5.35. The number of halogens is 1. The van der Waals surface area contributed by atoms with E-state index >= 15 is 4.39 Å². The van der Waals surface area contributed by atoms with Gasteiger partial charge in [-0.15, -0.1) is 0 Å². The first-order valence-corrected chi connectivity index (χ1v) is 13.0. The van der Waals surface area contributed by atoms with Crippen LogP contribution in [0.3, 0.4) is 0 Å². The van der Waals surface area contributed by atoms with Gasteiger partial charge in [0.25, 0.3) is 5.91 Å². The quantitative estimate of drug-likeness (QED) is 0.424. The number of nitriles is 1. The predicted octanol–water partition coefficient (Wildman–Crippen LogP) is 5.09. The standard InChI is InChI=1S/C29H29FN6O5/c1-28(2,3)40-26(38)34-12-17-13-36(33-20(17)14-34)22-10-19(23-16(11-31)8-7-9-18(23)30)32-21-15-35(25(37)24(21)22)27(39)41-29(4,5)6/h7-10,13H,12,14-15H2,1-6H3. The number of carbonyl (C=O) groups excluding carboxylic acids is 3. The largest absolute Gasteiger partial charge is 0.444 e. The van der Waals surface area contributed by atoms with E-state index in [1.807, 2.05) is 6.07 Å². The van der Waals surface area contributed by atoms with Crippen molar-refractivity contribution >= 4 is 18.1 Å². The Morgan fingerprint density at radius 1 is 0.976 bits per heavy atom. The van der Waals surface area contributed by atoms with Crippen molar-refractivity contribution in [2.24, 2.45) is 0 Å². The fourth-order valence-corrected chi connectivity index (χ4v) is 4.67. The van der Waals surface area contributed by atoms with E-state index < -0.39 is 35.1 Å². The molecule has 0 saturated heterocycles. The second-order valence-electron chi connectivity index (χ2n) is 11.9. The van der Waals surface area contributed by atoms with Crippen LogP contribution in [0.4, 0.5) is 14.0 Å². The number of benzene rings is 1. The number of pyridine rings is 1. The summed E-state index contributed by atoms with van der Waals surface area (Å²) in [6.07, 6.45) is 0.364. The van der Waals surface area contributed by atoms with Gasteiger partial charge in [0.2, 0.25) is 0 Å². The molecule has 5 rings (SSSR count). The van der Waals surface area contributed by atoms with Crippen molar-refractivity contribution in [3.8, 4) is 23.0 Å². The average molecular weight is 561 g/mol. The molecule has 0 atom stereocenters. The van der Waals surface area contributed by atoms with Crippen LogP contribution in [-0.4, -0.2) is 53.9 Å². The lowest BCUT2D eigenvalue weighted by Crippen LogP contribution is -2.37.